The Kier molecular flexibility index (Phi) is 4.61. The number of hydrogen-bond donors (Lipinski definition) is 2. The molecule has 0 bridgehead atoms. The van der Waals surface area contributed by atoms with Crippen molar-refractivity contribution in [3.8, 4) is 5.75 Å². The average molecular weight is 402 g/mol. The number of hydrogen-bond acceptors (Lipinski definition) is 5. The third kappa shape index (κ3) is 2.78. The maximum absolute atomic E-state index is 13.1. The first kappa shape index (κ1) is 18.9. The van der Waals surface area contributed by atoms with Gasteiger partial charge in [0, 0.05) is 11.3 Å². The third-order valence-electron chi connectivity index (χ3n) is 5.54. The van der Waals surface area contributed by atoms with Crippen LogP contribution in [0.3, 0.4) is 0 Å². The molecule has 2 atom stereocenters. The van der Waals surface area contributed by atoms with Crippen molar-refractivity contribution >= 4 is 29.5 Å². The molecule has 7 nitrogen and oxygen atoms in total. The van der Waals surface area contributed by atoms with Crippen LogP contribution in [-0.4, -0.2) is 51.6 Å². The number of rotatable bonds is 6. The Labute approximate surface area is 167 Å². The van der Waals surface area contributed by atoms with Crippen LogP contribution in [0.5, 0.6) is 5.75 Å². The maximum atomic E-state index is 13.1. The van der Waals surface area contributed by atoms with E-state index in [9.17, 15) is 19.5 Å². The van der Waals surface area contributed by atoms with Crippen molar-refractivity contribution < 1.29 is 24.2 Å². The molecule has 0 aromatic heterocycles. The highest BCUT2D eigenvalue weighted by atomic mass is 32.2. The van der Waals surface area contributed by atoms with Gasteiger partial charge >= 0.3 is 5.97 Å². The molecule has 148 valence electrons. The van der Waals surface area contributed by atoms with Crippen LogP contribution < -0.4 is 10.1 Å². The van der Waals surface area contributed by atoms with Gasteiger partial charge in [0.25, 0.3) is 5.91 Å². The zero-order valence-electron chi connectivity index (χ0n) is 15.7. The highest BCUT2D eigenvalue weighted by Crippen LogP contribution is 2.52. The normalized spacial score (nSPS) is 24.9. The Morgan fingerprint density at radius 2 is 2.07 bits per heavy atom. The van der Waals surface area contributed by atoms with Crippen molar-refractivity contribution in [3.05, 3.63) is 41.1 Å². The molecule has 1 aromatic rings. The van der Waals surface area contributed by atoms with Crippen molar-refractivity contribution in [2.24, 2.45) is 0 Å². The summed E-state index contributed by atoms with van der Waals surface area (Å²) in [5.41, 5.74) is 0.877. The fourth-order valence-corrected chi connectivity index (χ4v) is 5.23. The lowest BCUT2D eigenvalue weighted by atomic mass is 9.92. The quantitative estimate of drug-likeness (QED) is 0.706. The number of carbonyl (C=O) groups excluding carboxylic acids is 2. The number of aliphatic carboxylic acids is 1. The third-order valence-corrected chi connectivity index (χ3v) is 6.96. The van der Waals surface area contributed by atoms with Gasteiger partial charge in [-0.2, -0.15) is 0 Å². The number of para-hydroxylation sites is 1. The molecule has 1 aromatic carbocycles. The molecule has 4 rings (SSSR count). The number of carboxylic acid groups (broad SMARTS) is 1. The molecule has 2 amide bonds. The zero-order valence-corrected chi connectivity index (χ0v) is 16.5. The Morgan fingerprint density at radius 3 is 2.71 bits per heavy atom. The van der Waals surface area contributed by atoms with Crippen LogP contribution in [-0.2, 0) is 19.8 Å². The molecule has 0 unspecified atom stereocenters. The van der Waals surface area contributed by atoms with E-state index in [2.05, 4.69) is 5.32 Å². The minimum Gasteiger partial charge on any atom is -0.494 e. The maximum Gasteiger partial charge on any atom is 0.352 e. The number of nitrogens with zero attached hydrogens (tertiary/aromatic N) is 1. The van der Waals surface area contributed by atoms with E-state index >= 15 is 0 Å². The summed E-state index contributed by atoms with van der Waals surface area (Å²) < 4.78 is 5.69. The summed E-state index contributed by atoms with van der Waals surface area (Å²) in [5.74, 6) is -0.443. The standard InChI is InChI=1S/C20H22N2O5S/c1-3-27-13-7-5-4-6-12(13)20(8-9-20)19(26)21-14-16(23)22-15(18(24)25)11(2)10-28-17(14)22/h4-7,14,17H,3,8-10H2,1-2H3,(H,21,26)(H,24,25)/t14-,17+/m0/s1. The second kappa shape index (κ2) is 6.84. The lowest BCUT2D eigenvalue weighted by molar-refractivity contribution is -0.151. The summed E-state index contributed by atoms with van der Waals surface area (Å²) in [5, 5.41) is 11.9. The van der Waals surface area contributed by atoms with Gasteiger partial charge in [-0.05, 0) is 38.3 Å². The molecule has 3 aliphatic rings. The van der Waals surface area contributed by atoms with E-state index in [0.29, 0.717) is 36.5 Å². The molecule has 0 spiro atoms. The molecule has 2 heterocycles. The summed E-state index contributed by atoms with van der Waals surface area (Å²) in [7, 11) is 0. The Hall–Kier alpha value is -2.48. The van der Waals surface area contributed by atoms with E-state index in [4.69, 9.17) is 4.74 Å². The van der Waals surface area contributed by atoms with Crippen LogP contribution in [0.4, 0.5) is 0 Å². The molecule has 2 N–H and O–H groups in total. The van der Waals surface area contributed by atoms with Gasteiger partial charge in [0.2, 0.25) is 5.91 Å². The van der Waals surface area contributed by atoms with E-state index in [1.165, 1.54) is 16.7 Å². The van der Waals surface area contributed by atoms with Gasteiger partial charge < -0.3 is 15.2 Å². The van der Waals surface area contributed by atoms with Gasteiger partial charge in [0.15, 0.2) is 0 Å². The van der Waals surface area contributed by atoms with Crippen LogP contribution in [0.2, 0.25) is 0 Å². The molecule has 2 aliphatic heterocycles. The fourth-order valence-electron chi connectivity index (χ4n) is 3.94. The number of carbonyl (C=O) groups is 3. The predicted molar refractivity (Wildman–Crippen MR) is 104 cm³/mol. The van der Waals surface area contributed by atoms with Gasteiger partial charge in [-0.1, -0.05) is 18.2 Å². The van der Waals surface area contributed by atoms with Crippen LogP contribution >= 0.6 is 11.8 Å². The van der Waals surface area contributed by atoms with E-state index in [0.717, 1.165) is 5.56 Å². The number of nitrogens with one attached hydrogen (secondary N) is 1. The van der Waals surface area contributed by atoms with E-state index in [-0.39, 0.29) is 22.9 Å². The van der Waals surface area contributed by atoms with Gasteiger partial charge in [0.1, 0.15) is 22.9 Å². The minimum absolute atomic E-state index is 0.0436. The van der Waals surface area contributed by atoms with Gasteiger partial charge in [0.05, 0.1) is 12.0 Å². The molecule has 8 heteroatoms. The van der Waals surface area contributed by atoms with Crippen LogP contribution in [0.25, 0.3) is 0 Å². The lowest BCUT2D eigenvalue weighted by Gasteiger charge is -2.49. The number of thioether (sulfide) groups is 1. The Balaban J connectivity index is 1.53. The molecule has 1 aliphatic carbocycles. The van der Waals surface area contributed by atoms with Crippen molar-refractivity contribution in [1.29, 1.82) is 0 Å². The molecular weight excluding hydrogens is 380 g/mol. The number of β-lactam (4-membered cyclic amide) rings is 1. The largest absolute Gasteiger partial charge is 0.494 e. The number of ether oxygens (including phenoxy) is 1. The lowest BCUT2D eigenvalue weighted by Crippen LogP contribution is -2.71. The Morgan fingerprint density at radius 1 is 1.36 bits per heavy atom. The number of amides is 2. The first-order chi connectivity index (χ1) is 13.4. The highest BCUT2D eigenvalue weighted by Gasteiger charge is 2.58. The van der Waals surface area contributed by atoms with E-state index in [1.54, 1.807) is 6.92 Å². The second-order valence-electron chi connectivity index (χ2n) is 7.31. The monoisotopic (exact) mass is 402 g/mol. The van der Waals surface area contributed by atoms with Crippen LogP contribution in [0.15, 0.2) is 35.5 Å². The van der Waals surface area contributed by atoms with E-state index in [1.807, 2.05) is 31.2 Å². The molecule has 1 saturated carbocycles. The topological polar surface area (TPSA) is 95.9 Å². The molecule has 28 heavy (non-hydrogen) atoms. The molecular formula is C20H22N2O5S. The Bertz CT molecular complexity index is 892. The van der Waals surface area contributed by atoms with Crippen molar-refractivity contribution in [2.45, 2.75) is 43.5 Å². The first-order valence-electron chi connectivity index (χ1n) is 9.31. The van der Waals surface area contributed by atoms with Crippen molar-refractivity contribution in [1.82, 2.24) is 10.2 Å². The first-order valence-corrected chi connectivity index (χ1v) is 10.4. The fraction of sp³-hybridized carbons (Fsp3) is 0.450. The average Bonchev–Trinajstić information content (AvgIpc) is 3.48. The summed E-state index contributed by atoms with van der Waals surface area (Å²) >= 11 is 1.48. The number of benzene rings is 1. The van der Waals surface area contributed by atoms with Crippen molar-refractivity contribution in [3.63, 3.8) is 0 Å². The van der Waals surface area contributed by atoms with Gasteiger partial charge in [-0.25, -0.2) is 4.79 Å². The minimum atomic E-state index is -1.11. The second-order valence-corrected chi connectivity index (χ2v) is 8.41. The van der Waals surface area contributed by atoms with Gasteiger partial charge in [-0.3, -0.25) is 14.5 Å². The van der Waals surface area contributed by atoms with Crippen LogP contribution in [0.1, 0.15) is 32.3 Å². The smallest absolute Gasteiger partial charge is 0.352 e. The number of fused-ring (bicyclic) bond motifs is 1. The number of carboxylic acids is 1. The SMILES string of the molecule is CCOc1ccccc1C1(C(=O)N[C@H]2C(=O)N3C(C(=O)O)=C(C)CS[C@H]23)CC1. The van der Waals surface area contributed by atoms with E-state index < -0.39 is 17.4 Å². The van der Waals surface area contributed by atoms with Crippen molar-refractivity contribution in [2.75, 3.05) is 12.4 Å². The summed E-state index contributed by atoms with van der Waals surface area (Å²) in [6.45, 7) is 4.12. The highest BCUT2D eigenvalue weighted by molar-refractivity contribution is 8.00. The predicted octanol–water partition coefficient (Wildman–Crippen LogP) is 1.88. The zero-order chi connectivity index (χ0) is 20.1. The van der Waals surface area contributed by atoms with Gasteiger partial charge in [-0.15, -0.1) is 11.8 Å². The molecule has 2 fully saturated rings. The molecule has 0 radical (unpaired) electrons. The summed E-state index contributed by atoms with van der Waals surface area (Å²) in [4.78, 5) is 38.5. The molecule has 1 saturated heterocycles. The summed E-state index contributed by atoms with van der Waals surface area (Å²) in [6.07, 6.45) is 1.40. The summed E-state index contributed by atoms with van der Waals surface area (Å²) in [6, 6.07) is 6.81. The van der Waals surface area contributed by atoms with Crippen LogP contribution in [0, 0.1) is 0 Å².